The summed E-state index contributed by atoms with van der Waals surface area (Å²) in [5, 5.41) is 0.624. The van der Waals surface area contributed by atoms with E-state index < -0.39 is 59.5 Å². The molecule has 256 valence electrons. The first-order valence-electron chi connectivity index (χ1n) is 15.2. The zero-order chi connectivity index (χ0) is 34.7. The monoisotopic (exact) mass is 674 g/mol. The number of nitrogens with two attached hydrogens (primary N) is 2. The summed E-state index contributed by atoms with van der Waals surface area (Å²) in [5.41, 5.74) is 7.53. The van der Waals surface area contributed by atoms with Crippen LogP contribution in [0.3, 0.4) is 0 Å². The highest BCUT2D eigenvalue weighted by Gasteiger charge is 2.53. The maximum Gasteiger partial charge on any atom is 0.417 e. The van der Waals surface area contributed by atoms with E-state index in [-0.39, 0.29) is 17.7 Å². The Labute approximate surface area is 270 Å². The predicted molar refractivity (Wildman–Crippen MR) is 171 cm³/mol. The fraction of sp³-hybridized carbons (Fsp3) is 0.559. The van der Waals surface area contributed by atoms with Gasteiger partial charge < -0.3 is 20.9 Å². The third-order valence-electron chi connectivity index (χ3n) is 8.18. The number of carbonyl (C=O) groups is 1. The molecule has 0 aliphatic heterocycles. The van der Waals surface area contributed by atoms with Gasteiger partial charge in [-0.2, -0.15) is 26.3 Å². The van der Waals surface area contributed by atoms with E-state index in [2.05, 4.69) is 0 Å². The molecule has 0 aliphatic rings. The fourth-order valence-corrected chi connectivity index (χ4v) is 5.97. The van der Waals surface area contributed by atoms with Gasteiger partial charge in [0, 0.05) is 26.7 Å². The van der Waals surface area contributed by atoms with E-state index in [0.29, 0.717) is 26.9 Å². The molecule has 2 unspecified atom stereocenters. The Morgan fingerprint density at radius 1 is 0.913 bits per heavy atom. The standard InChI is InChI=1S/C34H44F6N2O3S/c1-7-8-9-10-21-11-14-24(25(15-21)33(35,36)37)27-16-22-12-13-23(17-26(22)46-27)44-19-32(6,34(38,39)40)20-45-29(43)31(4,5)28(41)18-30(2,3)42/h11-17,28H,7-10,18-20,41-42H2,1-6H3. The molecule has 1 heterocycles. The third-order valence-corrected chi connectivity index (χ3v) is 9.31. The van der Waals surface area contributed by atoms with Gasteiger partial charge in [0.05, 0.1) is 11.0 Å². The van der Waals surface area contributed by atoms with Crippen molar-refractivity contribution in [3.63, 3.8) is 0 Å². The van der Waals surface area contributed by atoms with Crippen LogP contribution in [0.1, 0.15) is 78.4 Å². The molecule has 3 rings (SSSR count). The van der Waals surface area contributed by atoms with Crippen LogP contribution in [0.25, 0.3) is 20.5 Å². The van der Waals surface area contributed by atoms with Gasteiger partial charge in [0.1, 0.15) is 24.4 Å². The molecule has 0 fully saturated rings. The first-order chi connectivity index (χ1) is 21.1. The van der Waals surface area contributed by atoms with Gasteiger partial charge >= 0.3 is 18.3 Å². The number of esters is 1. The zero-order valence-corrected chi connectivity index (χ0v) is 27.9. The van der Waals surface area contributed by atoms with Crippen LogP contribution in [0.4, 0.5) is 26.3 Å². The quantitative estimate of drug-likeness (QED) is 0.101. The van der Waals surface area contributed by atoms with Gasteiger partial charge in [0.2, 0.25) is 0 Å². The number of rotatable bonds is 14. The van der Waals surface area contributed by atoms with Crippen LogP contribution in [0.15, 0.2) is 42.5 Å². The molecule has 46 heavy (non-hydrogen) atoms. The number of aryl methyl sites for hydroxylation is 1. The summed E-state index contributed by atoms with van der Waals surface area (Å²) in [6, 6.07) is 9.79. The molecule has 1 aromatic heterocycles. The summed E-state index contributed by atoms with van der Waals surface area (Å²) in [5.74, 6) is -0.794. The molecule has 5 nitrogen and oxygen atoms in total. The van der Waals surface area contributed by atoms with Crippen molar-refractivity contribution in [2.24, 2.45) is 22.3 Å². The molecule has 4 N–H and O–H groups in total. The van der Waals surface area contributed by atoms with E-state index in [1.165, 1.54) is 38.1 Å². The molecule has 2 atom stereocenters. The average molecular weight is 675 g/mol. The van der Waals surface area contributed by atoms with Crippen molar-refractivity contribution in [2.75, 3.05) is 13.2 Å². The fourth-order valence-electron chi connectivity index (χ4n) is 4.84. The third kappa shape index (κ3) is 9.38. The van der Waals surface area contributed by atoms with Crippen LogP contribution < -0.4 is 16.2 Å². The lowest BCUT2D eigenvalue weighted by atomic mass is 9.79. The molecule has 0 amide bonds. The van der Waals surface area contributed by atoms with E-state index in [1.807, 2.05) is 6.92 Å². The van der Waals surface area contributed by atoms with Gasteiger partial charge in [-0.15, -0.1) is 11.3 Å². The van der Waals surface area contributed by atoms with Crippen LogP contribution in [0.5, 0.6) is 5.75 Å². The van der Waals surface area contributed by atoms with Crippen molar-refractivity contribution in [1.82, 2.24) is 0 Å². The average Bonchev–Trinajstić information content (AvgIpc) is 3.36. The summed E-state index contributed by atoms with van der Waals surface area (Å²) >= 11 is 1.09. The van der Waals surface area contributed by atoms with Gasteiger partial charge in [-0.1, -0.05) is 31.9 Å². The molecular weight excluding hydrogens is 630 g/mol. The summed E-state index contributed by atoms with van der Waals surface area (Å²) in [6.45, 7) is 7.50. The number of benzene rings is 2. The maximum absolute atomic E-state index is 14.2. The van der Waals surface area contributed by atoms with E-state index >= 15 is 0 Å². The van der Waals surface area contributed by atoms with Gasteiger partial charge in [-0.25, -0.2) is 0 Å². The number of thiophene rings is 1. The minimum Gasteiger partial charge on any atom is -0.492 e. The first-order valence-corrected chi connectivity index (χ1v) is 16.0. The molecule has 0 bridgehead atoms. The summed E-state index contributed by atoms with van der Waals surface area (Å²) in [7, 11) is 0. The molecule has 0 saturated heterocycles. The van der Waals surface area contributed by atoms with Crippen molar-refractivity contribution < 1.29 is 40.6 Å². The van der Waals surface area contributed by atoms with E-state index in [0.717, 1.165) is 37.5 Å². The van der Waals surface area contributed by atoms with Crippen molar-refractivity contribution in [3.05, 3.63) is 53.6 Å². The molecule has 0 spiro atoms. The van der Waals surface area contributed by atoms with Gasteiger partial charge in [0.25, 0.3) is 0 Å². The van der Waals surface area contributed by atoms with Crippen molar-refractivity contribution in [3.8, 4) is 16.2 Å². The summed E-state index contributed by atoms with van der Waals surface area (Å²) < 4.78 is 96.2. The van der Waals surface area contributed by atoms with Crippen LogP contribution in [-0.2, 0) is 22.1 Å². The number of unbranched alkanes of at least 4 members (excludes halogenated alkanes) is 2. The highest BCUT2D eigenvalue weighted by molar-refractivity contribution is 7.22. The summed E-state index contributed by atoms with van der Waals surface area (Å²) in [6.07, 6.45) is -5.88. The molecule has 2 aromatic carbocycles. The normalized spacial score (nSPS) is 15.1. The number of fused-ring (bicyclic) bond motifs is 1. The van der Waals surface area contributed by atoms with Crippen LogP contribution in [0.2, 0.25) is 0 Å². The number of carbonyl (C=O) groups excluding carboxylic acids is 1. The Bertz CT molecular complexity index is 1490. The van der Waals surface area contributed by atoms with Crippen molar-refractivity contribution in [1.29, 1.82) is 0 Å². The topological polar surface area (TPSA) is 87.6 Å². The number of halogens is 6. The number of hydrogen-bond donors (Lipinski definition) is 2. The van der Waals surface area contributed by atoms with E-state index in [9.17, 15) is 31.1 Å². The SMILES string of the molecule is CCCCCc1ccc(-c2cc3ccc(OCC(C)(COC(=O)C(C)(C)C(N)CC(C)(C)N)C(F)(F)F)cc3s2)c(C(F)(F)F)c1. The van der Waals surface area contributed by atoms with Gasteiger partial charge in [-0.3, -0.25) is 4.79 Å². The van der Waals surface area contributed by atoms with Crippen LogP contribution in [0, 0.1) is 10.8 Å². The van der Waals surface area contributed by atoms with E-state index in [4.69, 9.17) is 20.9 Å². The van der Waals surface area contributed by atoms with E-state index in [1.54, 1.807) is 32.0 Å². The van der Waals surface area contributed by atoms with Crippen LogP contribution >= 0.6 is 11.3 Å². The predicted octanol–water partition coefficient (Wildman–Crippen LogP) is 9.29. The maximum atomic E-state index is 14.2. The lowest BCUT2D eigenvalue weighted by molar-refractivity contribution is -0.242. The van der Waals surface area contributed by atoms with Gasteiger partial charge in [0.15, 0.2) is 0 Å². The Morgan fingerprint density at radius 2 is 1.59 bits per heavy atom. The number of alkyl halides is 6. The lowest BCUT2D eigenvalue weighted by Gasteiger charge is -2.36. The molecule has 0 radical (unpaired) electrons. The second-order valence-corrected chi connectivity index (χ2v) is 14.7. The highest BCUT2D eigenvalue weighted by atomic mass is 32.1. The second kappa shape index (κ2) is 14.1. The Kier molecular flexibility index (Phi) is 11.5. The smallest absolute Gasteiger partial charge is 0.417 e. The number of hydrogen-bond acceptors (Lipinski definition) is 6. The van der Waals surface area contributed by atoms with Crippen molar-refractivity contribution in [2.45, 2.75) is 97.6 Å². The lowest BCUT2D eigenvalue weighted by Crippen LogP contribution is -2.51. The zero-order valence-electron chi connectivity index (χ0n) is 27.1. The molecular formula is C34H44F6N2O3S. The highest BCUT2D eigenvalue weighted by Crippen LogP contribution is 2.44. The largest absolute Gasteiger partial charge is 0.492 e. The number of ether oxygens (including phenoxy) is 2. The second-order valence-electron chi connectivity index (χ2n) is 13.6. The first kappa shape index (κ1) is 37.6. The minimum atomic E-state index is -4.80. The summed E-state index contributed by atoms with van der Waals surface area (Å²) in [4.78, 5) is 13.2. The molecule has 12 heteroatoms. The van der Waals surface area contributed by atoms with Crippen molar-refractivity contribution >= 4 is 27.4 Å². The Hall–Kier alpha value is -2.83. The minimum absolute atomic E-state index is 0.0412. The molecule has 0 aliphatic carbocycles. The Balaban J connectivity index is 1.80. The van der Waals surface area contributed by atoms with Gasteiger partial charge in [-0.05, 0) is 95.2 Å². The Morgan fingerprint density at radius 3 is 2.17 bits per heavy atom. The van der Waals surface area contributed by atoms with Crippen LogP contribution in [-0.4, -0.2) is 36.9 Å². The molecule has 3 aromatic rings. The molecule has 0 saturated carbocycles.